The van der Waals surface area contributed by atoms with Gasteiger partial charge in [-0.15, -0.1) is 3.89 Å². The molecule has 0 radical (unpaired) electrons. The van der Waals surface area contributed by atoms with Gasteiger partial charge >= 0.3 is 21.8 Å². The summed E-state index contributed by atoms with van der Waals surface area (Å²) in [6.45, 7) is 3.01. The van der Waals surface area contributed by atoms with Crippen LogP contribution in [0.5, 0.6) is 0 Å². The van der Waals surface area contributed by atoms with Crippen LogP contribution in [0, 0.1) is 0 Å². The number of H-pyrrole nitrogens is 1. The minimum Gasteiger partial charge on any atom is -0.433 e. The number of ether oxygens (including phenoxy) is 1. The average Bonchev–Trinajstić information content (AvgIpc) is 3.52. The first-order chi connectivity index (χ1) is 18.6. The molecular weight excluding hydrogens is 548 g/mol. The first kappa shape index (κ1) is 27.7. The third kappa shape index (κ3) is 5.34. The lowest BCUT2D eigenvalue weighted by molar-refractivity contribution is -0.728. The summed E-state index contributed by atoms with van der Waals surface area (Å²) in [7, 11) is -2.83. The number of benzene rings is 1. The number of amides is 2. The topological polar surface area (TPSA) is 155 Å². The van der Waals surface area contributed by atoms with Gasteiger partial charge in [-0.2, -0.15) is 8.42 Å². The Balaban J connectivity index is 1.53. The molecule has 0 saturated carbocycles. The van der Waals surface area contributed by atoms with Crippen LogP contribution in [-0.4, -0.2) is 86.1 Å². The Labute approximate surface area is 231 Å². The molecule has 4 heterocycles. The minimum absolute atomic E-state index is 0.0155. The normalized spacial score (nSPS) is 23.5. The van der Waals surface area contributed by atoms with Gasteiger partial charge in [0.15, 0.2) is 5.03 Å². The van der Waals surface area contributed by atoms with Gasteiger partial charge in [0.25, 0.3) is 0 Å². The molecule has 3 atom stereocenters. The van der Waals surface area contributed by atoms with Crippen molar-refractivity contribution in [2.45, 2.75) is 43.4 Å². The van der Waals surface area contributed by atoms with Crippen LogP contribution in [0.4, 0.5) is 0 Å². The lowest BCUT2D eigenvalue weighted by Crippen LogP contribution is -2.68. The number of nitrogens with one attached hydrogen (secondary N) is 4. The summed E-state index contributed by atoms with van der Waals surface area (Å²) in [6.07, 6.45) is 0.547. The lowest BCUT2D eigenvalue weighted by Gasteiger charge is -2.39. The number of hydrogen-bond acceptors (Lipinski definition) is 9. The summed E-state index contributed by atoms with van der Waals surface area (Å²) in [5.74, 6) is -0.762. The number of methoxy groups -OCH3 is 1. The molecule has 0 aliphatic carbocycles. The number of fused-ring (bicyclic) bond motifs is 2. The van der Waals surface area contributed by atoms with E-state index in [0.29, 0.717) is 53.5 Å². The zero-order valence-corrected chi connectivity index (χ0v) is 23.3. The van der Waals surface area contributed by atoms with E-state index in [9.17, 15) is 18.0 Å². The van der Waals surface area contributed by atoms with E-state index in [-0.39, 0.29) is 48.9 Å². The highest BCUT2D eigenvalue weighted by atomic mass is 35.5. The van der Waals surface area contributed by atoms with E-state index < -0.39 is 25.9 Å². The number of aromatic nitrogens is 2. The fraction of sp³-hybridized carbons (Fsp3) is 0.480. The molecule has 1 fully saturated rings. The van der Waals surface area contributed by atoms with Gasteiger partial charge in [-0.1, -0.05) is 11.6 Å². The van der Waals surface area contributed by atoms with Crippen LogP contribution in [0.25, 0.3) is 10.9 Å². The van der Waals surface area contributed by atoms with E-state index in [0.717, 1.165) is 0 Å². The number of sulfonamides is 1. The van der Waals surface area contributed by atoms with E-state index in [1.165, 1.54) is 13.2 Å². The van der Waals surface area contributed by atoms with Crippen molar-refractivity contribution in [3.8, 4) is 0 Å². The maximum absolute atomic E-state index is 14.4. The summed E-state index contributed by atoms with van der Waals surface area (Å²) in [4.78, 5) is 34.1. The molecule has 0 spiro atoms. The number of piperazine rings is 1. The van der Waals surface area contributed by atoms with Crippen LogP contribution in [0.15, 0.2) is 33.7 Å². The number of carbonyl (C=O) groups excluding carboxylic acids is 2. The maximum Gasteiger partial charge on any atom is 0.417 e. The number of rotatable bonds is 8. The van der Waals surface area contributed by atoms with Crippen LogP contribution < -0.4 is 16.0 Å². The van der Waals surface area contributed by atoms with Crippen molar-refractivity contribution in [1.82, 2.24) is 25.9 Å². The van der Waals surface area contributed by atoms with Crippen molar-refractivity contribution in [2.24, 2.45) is 0 Å². The second-order valence-corrected chi connectivity index (χ2v) is 12.5. The Hall–Kier alpha value is -2.81. The third-order valence-electron chi connectivity index (χ3n) is 7.22. The molecule has 210 valence electrons. The summed E-state index contributed by atoms with van der Waals surface area (Å²) >= 11 is 6.12. The van der Waals surface area contributed by atoms with Gasteiger partial charge in [-0.3, -0.25) is 4.79 Å². The SMILES string of the molecule is COCCNC(=O)CC1C[N+](C(=O)c2nc3c(o2)CNC(C)C3)(S(=O)(=O)c2cc3cc(Cl)ccc3[nH]2)CCN1. The second kappa shape index (κ2) is 11.0. The zero-order valence-electron chi connectivity index (χ0n) is 21.8. The van der Waals surface area contributed by atoms with Crippen LogP contribution >= 0.6 is 11.6 Å². The fourth-order valence-electron chi connectivity index (χ4n) is 5.18. The first-order valence-corrected chi connectivity index (χ1v) is 14.6. The predicted molar refractivity (Wildman–Crippen MR) is 143 cm³/mol. The van der Waals surface area contributed by atoms with E-state index in [4.69, 9.17) is 20.8 Å². The molecule has 4 N–H and O–H groups in total. The van der Waals surface area contributed by atoms with Crippen molar-refractivity contribution in [2.75, 3.05) is 39.9 Å². The van der Waals surface area contributed by atoms with Gasteiger partial charge in [-0.25, -0.2) is 9.78 Å². The van der Waals surface area contributed by atoms with E-state index in [2.05, 4.69) is 25.9 Å². The van der Waals surface area contributed by atoms with Crippen molar-refractivity contribution in [3.05, 3.63) is 46.6 Å². The fourth-order valence-corrected chi connectivity index (χ4v) is 7.25. The molecule has 1 saturated heterocycles. The van der Waals surface area contributed by atoms with Crippen molar-refractivity contribution >= 4 is 44.3 Å². The molecule has 2 amide bonds. The summed E-state index contributed by atoms with van der Waals surface area (Å²) < 4.78 is 38.6. The van der Waals surface area contributed by atoms with E-state index in [1.54, 1.807) is 18.2 Å². The molecule has 12 nitrogen and oxygen atoms in total. The van der Waals surface area contributed by atoms with Crippen molar-refractivity contribution in [3.63, 3.8) is 0 Å². The minimum atomic E-state index is -4.37. The molecule has 2 aliphatic heterocycles. The predicted octanol–water partition coefficient (Wildman–Crippen LogP) is 1.31. The molecule has 2 aliphatic rings. The summed E-state index contributed by atoms with van der Waals surface area (Å²) in [5, 5.41) is 10.1. The average molecular weight is 580 g/mol. The standard InChI is InChI=1S/C25H31ClN6O6S/c1-15-9-20-21(13-29-15)38-24(31-20)25(34)32(7-5-27-18(14-32)12-22(33)28-6-8-37-2)39(35,36)23-11-16-10-17(26)3-4-19(16)30-23/h3-4,10-11,15,18,27,29-30H,5-9,12-14H2,1-2H3/p+1. The number of carbonyl (C=O) groups is 2. The van der Waals surface area contributed by atoms with Crippen LogP contribution in [0.2, 0.25) is 5.02 Å². The molecule has 14 heteroatoms. The molecular formula is C25H32ClN6O6S+. The number of oxazole rings is 1. The van der Waals surface area contributed by atoms with Crippen LogP contribution in [0.1, 0.15) is 35.5 Å². The van der Waals surface area contributed by atoms with Gasteiger partial charge < -0.3 is 30.1 Å². The number of quaternary nitrogens is 1. The highest BCUT2D eigenvalue weighted by Crippen LogP contribution is 2.33. The Kier molecular flexibility index (Phi) is 7.82. The van der Waals surface area contributed by atoms with Crippen LogP contribution in [0.3, 0.4) is 0 Å². The Bertz CT molecular complexity index is 1500. The van der Waals surface area contributed by atoms with Gasteiger partial charge in [0, 0.05) is 55.0 Å². The molecule has 0 bridgehead atoms. The monoisotopic (exact) mass is 579 g/mol. The lowest BCUT2D eigenvalue weighted by atomic mass is 10.1. The van der Waals surface area contributed by atoms with Crippen molar-refractivity contribution < 1.29 is 31.0 Å². The second-order valence-electron chi connectivity index (χ2n) is 10.0. The number of nitrogens with zero attached hydrogens (tertiary/aromatic N) is 2. The summed E-state index contributed by atoms with van der Waals surface area (Å²) in [6, 6.07) is 6.02. The third-order valence-corrected chi connectivity index (χ3v) is 9.65. The number of halogens is 1. The smallest absolute Gasteiger partial charge is 0.417 e. The molecule has 2 aromatic heterocycles. The van der Waals surface area contributed by atoms with E-state index in [1.807, 2.05) is 6.92 Å². The number of aromatic amines is 1. The molecule has 5 rings (SSSR count). The number of hydrogen-bond donors (Lipinski definition) is 4. The van der Waals surface area contributed by atoms with Crippen molar-refractivity contribution in [1.29, 1.82) is 0 Å². The van der Waals surface area contributed by atoms with Crippen LogP contribution in [-0.2, 0) is 32.5 Å². The Morgan fingerprint density at radius 3 is 2.90 bits per heavy atom. The maximum atomic E-state index is 14.4. The molecule has 39 heavy (non-hydrogen) atoms. The zero-order chi connectivity index (χ0) is 27.8. The van der Waals surface area contributed by atoms with Gasteiger partial charge in [-0.05, 0) is 31.2 Å². The van der Waals surface area contributed by atoms with E-state index >= 15 is 0 Å². The van der Waals surface area contributed by atoms with Gasteiger partial charge in [0.2, 0.25) is 5.91 Å². The summed E-state index contributed by atoms with van der Waals surface area (Å²) in [5.41, 5.74) is 1.21. The Morgan fingerprint density at radius 2 is 2.10 bits per heavy atom. The Morgan fingerprint density at radius 1 is 1.28 bits per heavy atom. The van der Waals surface area contributed by atoms with Gasteiger partial charge in [0.1, 0.15) is 18.8 Å². The quantitative estimate of drug-likeness (QED) is 0.228. The highest BCUT2D eigenvalue weighted by molar-refractivity contribution is 7.86. The highest BCUT2D eigenvalue weighted by Gasteiger charge is 2.56. The van der Waals surface area contributed by atoms with Gasteiger partial charge in [0.05, 0.1) is 24.9 Å². The molecule has 3 aromatic rings. The largest absolute Gasteiger partial charge is 0.433 e. The molecule has 3 unspecified atom stereocenters. The molecule has 1 aromatic carbocycles. The first-order valence-electron chi connectivity index (χ1n) is 12.8.